The van der Waals surface area contributed by atoms with E-state index in [1.54, 1.807) is 11.8 Å². The Hall–Kier alpha value is -0.950. The summed E-state index contributed by atoms with van der Waals surface area (Å²) < 4.78 is 0.178. The van der Waals surface area contributed by atoms with Crippen LogP contribution < -0.4 is 10.6 Å². The normalized spacial score (nSPS) is 18.6. The average molecular weight is 276 g/mol. The lowest BCUT2D eigenvalue weighted by molar-refractivity contribution is -0.146. The fourth-order valence-electron chi connectivity index (χ4n) is 1.77. The van der Waals surface area contributed by atoms with Gasteiger partial charge in [-0.1, -0.05) is 6.42 Å². The molecule has 0 spiro atoms. The molecule has 0 bridgehead atoms. The summed E-state index contributed by atoms with van der Waals surface area (Å²) in [6.07, 6.45) is 4.07. The Bertz CT molecular complexity index is 302. The Morgan fingerprint density at radius 2 is 2.06 bits per heavy atom. The molecule has 1 aliphatic rings. The van der Waals surface area contributed by atoms with E-state index in [0.29, 0.717) is 6.54 Å². The molecule has 0 radical (unpaired) electrons. The number of thioether (sulfide) groups is 1. The first-order chi connectivity index (χ1) is 8.49. The van der Waals surface area contributed by atoms with Gasteiger partial charge in [-0.15, -0.1) is 0 Å². The predicted octanol–water partition coefficient (Wildman–Crippen LogP) is 0.407. The molecule has 1 fully saturated rings. The molecule has 1 aliphatic carbocycles. The standard InChI is InChI=1S/C11H20N2O4S/c1-18-11(4-2-5-11)7-13-10(17)12-6-3-8(14)9(15)16/h8,14H,2-7H2,1H3,(H,15,16)(H2,12,13,17)/t8-/m0/s1. The number of carboxylic acid groups (broad SMARTS) is 1. The molecule has 7 heteroatoms. The summed E-state index contributed by atoms with van der Waals surface area (Å²) in [5, 5.41) is 22.8. The van der Waals surface area contributed by atoms with E-state index >= 15 is 0 Å². The molecular weight excluding hydrogens is 256 g/mol. The Labute approximate surface area is 111 Å². The van der Waals surface area contributed by atoms with E-state index < -0.39 is 12.1 Å². The van der Waals surface area contributed by atoms with Gasteiger partial charge in [0.2, 0.25) is 0 Å². The van der Waals surface area contributed by atoms with Crippen LogP contribution in [0.15, 0.2) is 0 Å². The summed E-state index contributed by atoms with van der Waals surface area (Å²) in [5.41, 5.74) is 0. The molecular formula is C11H20N2O4S. The highest BCUT2D eigenvalue weighted by Crippen LogP contribution is 2.42. The highest BCUT2D eigenvalue weighted by atomic mass is 32.2. The number of aliphatic hydroxyl groups excluding tert-OH is 1. The van der Waals surface area contributed by atoms with E-state index in [2.05, 4.69) is 10.6 Å². The smallest absolute Gasteiger partial charge is 0.332 e. The maximum absolute atomic E-state index is 11.4. The van der Waals surface area contributed by atoms with E-state index in [1.165, 1.54) is 6.42 Å². The van der Waals surface area contributed by atoms with Crippen molar-refractivity contribution in [2.24, 2.45) is 0 Å². The van der Waals surface area contributed by atoms with E-state index in [9.17, 15) is 9.59 Å². The number of hydrogen-bond acceptors (Lipinski definition) is 4. The van der Waals surface area contributed by atoms with Gasteiger partial charge in [0.25, 0.3) is 0 Å². The molecule has 1 rings (SSSR count). The van der Waals surface area contributed by atoms with Gasteiger partial charge in [0.1, 0.15) is 0 Å². The van der Waals surface area contributed by atoms with Crippen LogP contribution in [0.5, 0.6) is 0 Å². The fourth-order valence-corrected chi connectivity index (χ4v) is 2.69. The van der Waals surface area contributed by atoms with Crippen molar-refractivity contribution in [2.45, 2.75) is 36.5 Å². The van der Waals surface area contributed by atoms with Gasteiger partial charge < -0.3 is 20.8 Å². The topological polar surface area (TPSA) is 98.7 Å². The van der Waals surface area contributed by atoms with Crippen LogP contribution in [0.1, 0.15) is 25.7 Å². The van der Waals surface area contributed by atoms with Gasteiger partial charge in [-0.25, -0.2) is 9.59 Å². The minimum Gasteiger partial charge on any atom is -0.479 e. The third kappa shape index (κ3) is 4.38. The van der Waals surface area contributed by atoms with E-state index in [4.69, 9.17) is 10.2 Å². The van der Waals surface area contributed by atoms with Crippen molar-refractivity contribution in [2.75, 3.05) is 19.3 Å². The molecule has 4 N–H and O–H groups in total. The summed E-state index contributed by atoms with van der Waals surface area (Å²) in [4.78, 5) is 21.8. The minimum atomic E-state index is -1.42. The summed E-state index contributed by atoms with van der Waals surface area (Å²) in [7, 11) is 0. The van der Waals surface area contributed by atoms with Crippen LogP contribution in [0.25, 0.3) is 0 Å². The lowest BCUT2D eigenvalue weighted by Crippen LogP contribution is -2.48. The summed E-state index contributed by atoms with van der Waals surface area (Å²) >= 11 is 1.77. The number of nitrogens with one attached hydrogen (secondary N) is 2. The van der Waals surface area contributed by atoms with E-state index in [-0.39, 0.29) is 23.7 Å². The molecule has 0 aromatic rings. The van der Waals surface area contributed by atoms with Gasteiger partial charge in [0, 0.05) is 24.3 Å². The van der Waals surface area contributed by atoms with Crippen molar-refractivity contribution < 1.29 is 19.8 Å². The van der Waals surface area contributed by atoms with Crippen molar-refractivity contribution in [1.82, 2.24) is 10.6 Å². The van der Waals surface area contributed by atoms with Crippen LogP contribution in [0.3, 0.4) is 0 Å². The van der Waals surface area contributed by atoms with Gasteiger partial charge in [0.05, 0.1) is 0 Å². The summed E-state index contributed by atoms with van der Waals surface area (Å²) in [5.74, 6) is -1.27. The molecule has 0 aliphatic heterocycles. The Kier molecular flexibility index (Phi) is 5.74. The van der Waals surface area contributed by atoms with Gasteiger partial charge in [-0.05, 0) is 19.1 Å². The second-order valence-corrected chi connectivity index (χ2v) is 5.77. The maximum atomic E-state index is 11.4. The highest BCUT2D eigenvalue weighted by Gasteiger charge is 2.36. The Morgan fingerprint density at radius 3 is 2.50 bits per heavy atom. The number of carbonyl (C=O) groups is 2. The Morgan fingerprint density at radius 1 is 1.39 bits per heavy atom. The van der Waals surface area contributed by atoms with Gasteiger partial charge in [0.15, 0.2) is 6.10 Å². The second kappa shape index (κ2) is 6.84. The van der Waals surface area contributed by atoms with Crippen molar-refractivity contribution >= 4 is 23.8 Å². The summed E-state index contributed by atoms with van der Waals surface area (Å²) in [6, 6.07) is -0.312. The number of urea groups is 1. The van der Waals surface area contributed by atoms with Crippen LogP contribution in [-0.2, 0) is 4.79 Å². The third-order valence-electron chi connectivity index (χ3n) is 3.26. The first-order valence-corrected chi connectivity index (χ1v) is 7.19. The first-order valence-electron chi connectivity index (χ1n) is 5.97. The minimum absolute atomic E-state index is 0.0103. The first kappa shape index (κ1) is 15.1. The monoisotopic (exact) mass is 276 g/mol. The number of aliphatic hydroxyl groups is 1. The highest BCUT2D eigenvalue weighted by molar-refractivity contribution is 8.00. The number of hydrogen-bond donors (Lipinski definition) is 4. The zero-order valence-electron chi connectivity index (χ0n) is 10.4. The third-order valence-corrected chi connectivity index (χ3v) is 4.68. The molecule has 1 atom stereocenters. The molecule has 0 aromatic carbocycles. The second-order valence-electron chi connectivity index (χ2n) is 4.49. The Balaban J connectivity index is 2.12. The van der Waals surface area contributed by atoms with Crippen LogP contribution in [0.2, 0.25) is 0 Å². The van der Waals surface area contributed by atoms with E-state index in [1.807, 2.05) is 6.26 Å². The zero-order chi connectivity index (χ0) is 13.6. The largest absolute Gasteiger partial charge is 0.479 e. The van der Waals surface area contributed by atoms with Crippen molar-refractivity contribution in [3.05, 3.63) is 0 Å². The number of carboxylic acids is 1. The van der Waals surface area contributed by atoms with Gasteiger partial charge in [-0.3, -0.25) is 0 Å². The fraction of sp³-hybridized carbons (Fsp3) is 0.818. The molecule has 0 saturated heterocycles. The van der Waals surface area contributed by atoms with Gasteiger partial charge in [-0.2, -0.15) is 11.8 Å². The molecule has 0 unspecified atom stereocenters. The number of aliphatic carboxylic acids is 1. The van der Waals surface area contributed by atoms with Crippen LogP contribution in [-0.4, -0.2) is 52.4 Å². The quantitative estimate of drug-likeness (QED) is 0.540. The zero-order valence-corrected chi connectivity index (χ0v) is 11.3. The molecule has 1 saturated carbocycles. The lowest BCUT2D eigenvalue weighted by atomic mass is 9.84. The van der Waals surface area contributed by atoms with Crippen molar-refractivity contribution in [1.29, 1.82) is 0 Å². The van der Waals surface area contributed by atoms with Crippen LogP contribution in [0, 0.1) is 0 Å². The molecule has 18 heavy (non-hydrogen) atoms. The summed E-state index contributed by atoms with van der Waals surface area (Å²) in [6.45, 7) is 0.771. The van der Waals surface area contributed by atoms with E-state index in [0.717, 1.165) is 12.8 Å². The van der Waals surface area contributed by atoms with Crippen LogP contribution >= 0.6 is 11.8 Å². The number of carbonyl (C=O) groups excluding carboxylic acids is 1. The molecule has 0 aromatic heterocycles. The average Bonchev–Trinajstić information content (AvgIpc) is 2.28. The molecule has 6 nitrogen and oxygen atoms in total. The molecule has 0 heterocycles. The van der Waals surface area contributed by atoms with Crippen molar-refractivity contribution in [3.63, 3.8) is 0 Å². The predicted molar refractivity (Wildman–Crippen MR) is 69.8 cm³/mol. The SMILES string of the molecule is CSC1(CNC(=O)NCC[C@H](O)C(=O)O)CCC1. The van der Waals surface area contributed by atoms with Crippen LogP contribution in [0.4, 0.5) is 4.79 Å². The molecule has 104 valence electrons. The van der Waals surface area contributed by atoms with Gasteiger partial charge >= 0.3 is 12.0 Å². The number of amides is 2. The maximum Gasteiger partial charge on any atom is 0.332 e. The van der Waals surface area contributed by atoms with Crippen molar-refractivity contribution in [3.8, 4) is 0 Å². The lowest BCUT2D eigenvalue weighted by Gasteiger charge is -2.40. The molecule has 2 amide bonds. The number of rotatable bonds is 7.